The van der Waals surface area contributed by atoms with E-state index in [0.717, 1.165) is 0 Å². The van der Waals surface area contributed by atoms with Gasteiger partial charge in [0.1, 0.15) is 5.82 Å². The molecule has 0 saturated carbocycles. The lowest BCUT2D eigenvalue weighted by Gasteiger charge is -2.55. The Morgan fingerprint density at radius 3 is 2.60 bits per heavy atom. The van der Waals surface area contributed by atoms with Crippen LogP contribution in [-0.4, -0.2) is 33.7 Å². The summed E-state index contributed by atoms with van der Waals surface area (Å²) in [4.78, 5) is 27.7. The normalized spacial score (nSPS) is 20.7. The molecule has 0 radical (unpaired) electrons. The lowest BCUT2D eigenvalue weighted by molar-refractivity contribution is -0.384. The van der Waals surface area contributed by atoms with Crippen LogP contribution in [0.15, 0.2) is 66.7 Å². The average Bonchev–Trinajstić information content (AvgIpc) is 2.84. The molecule has 2 atom stereocenters. The van der Waals surface area contributed by atoms with Gasteiger partial charge in [0, 0.05) is 35.4 Å². The summed E-state index contributed by atoms with van der Waals surface area (Å²) in [6.07, 6.45) is 0.339. The van der Waals surface area contributed by atoms with Gasteiger partial charge in [-0.1, -0.05) is 18.2 Å². The van der Waals surface area contributed by atoms with Gasteiger partial charge in [0.25, 0.3) is 11.6 Å². The van der Waals surface area contributed by atoms with Gasteiger partial charge in [0.15, 0.2) is 22.3 Å². The molecule has 8 nitrogen and oxygen atoms in total. The molecule has 0 N–H and O–H groups in total. The van der Waals surface area contributed by atoms with Crippen LogP contribution >= 0.6 is 12.2 Å². The molecular weight excluding hydrogens is 473 g/mol. The molecule has 2 heterocycles. The van der Waals surface area contributed by atoms with Gasteiger partial charge in [0.2, 0.25) is 0 Å². The second-order valence-electron chi connectivity index (χ2n) is 8.45. The van der Waals surface area contributed by atoms with Crippen molar-refractivity contribution < 1.29 is 23.6 Å². The highest BCUT2D eigenvalue weighted by molar-refractivity contribution is 7.80. The number of nitro groups is 1. The van der Waals surface area contributed by atoms with Crippen molar-refractivity contribution in [1.29, 1.82) is 0 Å². The number of fused-ring (bicyclic) bond motifs is 4. The SMILES string of the molecule is COc1cccc2c1O[C@@]1(C)C[C@@H]2N(C(=O)c2cccc([N+](=O)[O-])c2)C(=S)N1c1ccc(F)cc1. The molecular formula is C25H20FN3O5S. The number of nitrogens with zero attached hydrogens (tertiary/aromatic N) is 3. The van der Waals surface area contributed by atoms with Crippen LogP contribution < -0.4 is 14.4 Å². The van der Waals surface area contributed by atoms with E-state index in [1.165, 1.54) is 48.4 Å². The van der Waals surface area contributed by atoms with Crippen molar-refractivity contribution in [1.82, 2.24) is 4.90 Å². The van der Waals surface area contributed by atoms with E-state index in [0.29, 0.717) is 29.2 Å². The molecule has 10 heteroatoms. The first-order valence-corrected chi connectivity index (χ1v) is 11.2. The maximum absolute atomic E-state index is 13.8. The maximum atomic E-state index is 13.8. The monoisotopic (exact) mass is 493 g/mol. The van der Waals surface area contributed by atoms with E-state index in [-0.39, 0.29) is 16.4 Å². The summed E-state index contributed by atoms with van der Waals surface area (Å²) in [5.41, 5.74) is 0.156. The minimum absolute atomic E-state index is 0.125. The Morgan fingerprint density at radius 2 is 1.91 bits per heavy atom. The van der Waals surface area contributed by atoms with E-state index in [1.54, 1.807) is 29.2 Å². The number of para-hydroxylation sites is 1. The topological polar surface area (TPSA) is 85.1 Å². The minimum atomic E-state index is -1.01. The Morgan fingerprint density at radius 1 is 1.20 bits per heavy atom. The molecule has 3 aromatic carbocycles. The molecule has 3 aromatic rings. The van der Waals surface area contributed by atoms with Gasteiger partial charge in [-0.05, 0) is 55.5 Å². The molecule has 1 saturated heterocycles. The first kappa shape index (κ1) is 22.7. The van der Waals surface area contributed by atoms with Crippen LogP contribution in [0.4, 0.5) is 15.8 Å². The Bertz CT molecular complexity index is 1370. The van der Waals surface area contributed by atoms with Crippen molar-refractivity contribution in [3.63, 3.8) is 0 Å². The standard InChI is InChI=1S/C25H20FN3O5S/c1-25-14-20(19-7-4-8-21(33-2)22(19)34-25)27(23(30)15-5-3-6-18(13-15)29(31)32)24(35)28(25)17-11-9-16(26)10-12-17/h3-13,20H,14H2,1-2H3/t20-,25-/m0/s1. The predicted molar refractivity (Wildman–Crippen MR) is 130 cm³/mol. The minimum Gasteiger partial charge on any atom is -0.493 e. The number of carbonyl (C=O) groups is 1. The van der Waals surface area contributed by atoms with Gasteiger partial charge in [-0.2, -0.15) is 0 Å². The summed E-state index contributed by atoms with van der Waals surface area (Å²) in [5.74, 6) is 0.0580. The first-order valence-electron chi connectivity index (χ1n) is 10.8. The Hall–Kier alpha value is -4.05. The summed E-state index contributed by atoms with van der Waals surface area (Å²) in [6, 6.07) is 16.1. The van der Waals surface area contributed by atoms with Gasteiger partial charge in [-0.15, -0.1) is 0 Å². The number of ether oxygens (including phenoxy) is 2. The lowest BCUT2D eigenvalue weighted by Crippen LogP contribution is -2.67. The number of nitro benzene ring substituents is 1. The van der Waals surface area contributed by atoms with Gasteiger partial charge in [0.05, 0.1) is 18.1 Å². The second-order valence-corrected chi connectivity index (χ2v) is 8.82. The fourth-order valence-electron chi connectivity index (χ4n) is 4.70. The van der Waals surface area contributed by atoms with Crippen molar-refractivity contribution in [2.24, 2.45) is 0 Å². The number of non-ortho nitro benzene ring substituents is 1. The second kappa shape index (κ2) is 8.31. The highest BCUT2D eigenvalue weighted by atomic mass is 32.1. The zero-order valence-corrected chi connectivity index (χ0v) is 19.6. The van der Waals surface area contributed by atoms with E-state index in [9.17, 15) is 19.3 Å². The highest BCUT2D eigenvalue weighted by Crippen LogP contribution is 2.52. The molecule has 2 bridgehead atoms. The number of halogens is 1. The molecule has 2 aliphatic heterocycles. The van der Waals surface area contributed by atoms with Crippen LogP contribution in [-0.2, 0) is 0 Å². The van der Waals surface area contributed by atoms with Gasteiger partial charge < -0.3 is 9.47 Å². The fourth-order valence-corrected chi connectivity index (χ4v) is 5.21. The Balaban J connectivity index is 1.69. The molecule has 35 heavy (non-hydrogen) atoms. The largest absolute Gasteiger partial charge is 0.493 e. The van der Waals surface area contributed by atoms with Crippen LogP contribution in [0.1, 0.15) is 35.3 Å². The number of benzene rings is 3. The molecule has 0 aliphatic carbocycles. The van der Waals surface area contributed by atoms with Gasteiger partial charge in [-0.25, -0.2) is 4.39 Å². The summed E-state index contributed by atoms with van der Waals surface area (Å²) in [7, 11) is 1.53. The number of thiocarbonyl (C=S) groups is 1. The van der Waals surface area contributed by atoms with Crippen LogP contribution in [0.2, 0.25) is 0 Å². The molecule has 0 aromatic heterocycles. The smallest absolute Gasteiger partial charge is 0.270 e. The molecule has 1 amide bonds. The number of rotatable bonds is 4. The van der Waals surface area contributed by atoms with E-state index < -0.39 is 28.4 Å². The molecule has 0 unspecified atom stereocenters. The first-order chi connectivity index (χ1) is 16.7. The lowest BCUT2D eigenvalue weighted by atomic mass is 9.88. The van der Waals surface area contributed by atoms with Gasteiger partial charge >= 0.3 is 0 Å². The zero-order chi connectivity index (χ0) is 24.9. The quantitative estimate of drug-likeness (QED) is 0.280. The van der Waals surface area contributed by atoms with Crippen molar-refractivity contribution in [2.75, 3.05) is 12.0 Å². The third-order valence-electron chi connectivity index (χ3n) is 6.27. The highest BCUT2D eigenvalue weighted by Gasteiger charge is 2.54. The molecule has 5 rings (SSSR count). The summed E-state index contributed by atoms with van der Waals surface area (Å²) >= 11 is 5.83. The van der Waals surface area contributed by atoms with Crippen molar-refractivity contribution in [3.8, 4) is 11.5 Å². The van der Waals surface area contributed by atoms with E-state index >= 15 is 0 Å². The van der Waals surface area contributed by atoms with Crippen LogP contribution in [0, 0.1) is 15.9 Å². The Labute approximate surface area is 205 Å². The van der Waals surface area contributed by atoms with Crippen molar-refractivity contribution in [2.45, 2.75) is 25.1 Å². The van der Waals surface area contributed by atoms with Crippen LogP contribution in [0.3, 0.4) is 0 Å². The third-order valence-corrected chi connectivity index (χ3v) is 6.65. The average molecular weight is 494 g/mol. The van der Waals surface area contributed by atoms with Crippen molar-refractivity contribution in [3.05, 3.63) is 93.8 Å². The summed E-state index contributed by atoms with van der Waals surface area (Å²) in [5, 5.41) is 11.5. The number of amides is 1. The fraction of sp³-hybridized carbons (Fsp3) is 0.200. The van der Waals surface area contributed by atoms with E-state index in [1.807, 2.05) is 13.0 Å². The number of methoxy groups -OCH3 is 1. The summed E-state index contributed by atoms with van der Waals surface area (Å²) < 4.78 is 25.7. The molecule has 178 valence electrons. The molecule has 0 spiro atoms. The number of anilines is 1. The number of hydrogen-bond donors (Lipinski definition) is 0. The number of hydrogen-bond acceptors (Lipinski definition) is 6. The summed E-state index contributed by atoms with van der Waals surface area (Å²) in [6.45, 7) is 1.85. The third kappa shape index (κ3) is 3.66. The maximum Gasteiger partial charge on any atom is 0.270 e. The Kier molecular flexibility index (Phi) is 5.40. The van der Waals surface area contributed by atoms with Crippen LogP contribution in [0.25, 0.3) is 0 Å². The molecule has 1 fully saturated rings. The predicted octanol–water partition coefficient (Wildman–Crippen LogP) is 5.23. The van der Waals surface area contributed by atoms with Crippen molar-refractivity contribution >= 4 is 34.6 Å². The van der Waals surface area contributed by atoms with Crippen LogP contribution in [0.5, 0.6) is 11.5 Å². The van der Waals surface area contributed by atoms with Gasteiger partial charge in [-0.3, -0.25) is 24.7 Å². The van der Waals surface area contributed by atoms with E-state index in [2.05, 4.69) is 0 Å². The number of carbonyl (C=O) groups excluding carboxylic acids is 1. The van der Waals surface area contributed by atoms with E-state index in [4.69, 9.17) is 21.7 Å². The molecule has 2 aliphatic rings. The zero-order valence-electron chi connectivity index (χ0n) is 18.8.